The Labute approximate surface area is 222 Å². The van der Waals surface area contributed by atoms with Crippen LogP contribution in [0.25, 0.3) is 5.69 Å². The second-order valence-corrected chi connectivity index (χ2v) is 8.59. The molecule has 4 aromatic rings. The first-order valence-electron chi connectivity index (χ1n) is 12.0. The van der Waals surface area contributed by atoms with Gasteiger partial charge in [0, 0.05) is 12.1 Å². The highest BCUT2D eigenvalue weighted by atomic mass is 19.1. The van der Waals surface area contributed by atoms with Crippen LogP contribution in [0.1, 0.15) is 33.9 Å². The Morgan fingerprint density at radius 3 is 2.31 bits per heavy atom. The Bertz CT molecular complexity index is 1540. The molecule has 0 saturated heterocycles. The number of rotatable bonds is 11. The van der Waals surface area contributed by atoms with E-state index in [2.05, 4.69) is 5.32 Å². The summed E-state index contributed by atoms with van der Waals surface area (Å²) in [6.07, 6.45) is 0.537. The summed E-state index contributed by atoms with van der Waals surface area (Å²) in [5.41, 5.74) is 6.17. The maximum absolute atomic E-state index is 14.2. The molecule has 0 radical (unpaired) electrons. The van der Waals surface area contributed by atoms with Crippen LogP contribution in [0.4, 0.5) is 14.6 Å². The van der Waals surface area contributed by atoms with E-state index in [4.69, 9.17) is 10.5 Å². The SMILES string of the molecule is Nc1c(C(=O)c2ccc(F)cc2F)ccc(=O)n1-c1ccc(OCCCN[C@H](C(=O)O)c2ccccc2)cc1. The highest BCUT2D eigenvalue weighted by Gasteiger charge is 2.20. The van der Waals surface area contributed by atoms with Crippen molar-refractivity contribution in [3.05, 3.63) is 124 Å². The third kappa shape index (κ3) is 6.36. The van der Waals surface area contributed by atoms with Crippen molar-refractivity contribution in [2.24, 2.45) is 0 Å². The molecule has 3 aromatic carbocycles. The average Bonchev–Trinajstić information content (AvgIpc) is 2.91. The van der Waals surface area contributed by atoms with Crippen LogP contribution in [0.5, 0.6) is 5.75 Å². The molecule has 0 saturated carbocycles. The number of nitrogens with two attached hydrogens (primary N) is 1. The van der Waals surface area contributed by atoms with Gasteiger partial charge in [-0.15, -0.1) is 0 Å². The van der Waals surface area contributed by atoms with Gasteiger partial charge >= 0.3 is 5.97 Å². The Balaban J connectivity index is 1.40. The summed E-state index contributed by atoms with van der Waals surface area (Å²) in [7, 11) is 0. The van der Waals surface area contributed by atoms with Crippen LogP contribution in [-0.4, -0.2) is 34.6 Å². The smallest absolute Gasteiger partial charge is 0.325 e. The number of anilines is 1. The Morgan fingerprint density at radius 1 is 0.949 bits per heavy atom. The maximum Gasteiger partial charge on any atom is 0.325 e. The molecule has 200 valence electrons. The third-order valence-electron chi connectivity index (χ3n) is 5.96. The number of carbonyl (C=O) groups is 2. The normalized spacial score (nSPS) is 11.6. The number of nitrogens with zero attached hydrogens (tertiary/aromatic N) is 1. The van der Waals surface area contributed by atoms with Crippen LogP contribution < -0.4 is 21.3 Å². The van der Waals surface area contributed by atoms with Crippen molar-refractivity contribution in [2.45, 2.75) is 12.5 Å². The van der Waals surface area contributed by atoms with Crippen molar-refractivity contribution in [3.63, 3.8) is 0 Å². The lowest BCUT2D eigenvalue weighted by Gasteiger charge is -2.15. The number of aromatic nitrogens is 1. The minimum absolute atomic E-state index is 0.108. The van der Waals surface area contributed by atoms with Crippen LogP contribution in [0.2, 0.25) is 0 Å². The fourth-order valence-electron chi connectivity index (χ4n) is 4.02. The number of hydrogen-bond donors (Lipinski definition) is 3. The van der Waals surface area contributed by atoms with Gasteiger partial charge in [-0.3, -0.25) is 19.0 Å². The number of ether oxygens (including phenoxy) is 1. The quantitative estimate of drug-likeness (QED) is 0.196. The summed E-state index contributed by atoms with van der Waals surface area (Å²) >= 11 is 0. The molecule has 0 amide bonds. The summed E-state index contributed by atoms with van der Waals surface area (Å²) < 4.78 is 34.2. The summed E-state index contributed by atoms with van der Waals surface area (Å²) in [5.74, 6) is -3.30. The van der Waals surface area contributed by atoms with E-state index in [-0.39, 0.29) is 16.9 Å². The molecule has 4 N–H and O–H groups in total. The Hall–Kier alpha value is -4.83. The molecule has 1 heterocycles. The van der Waals surface area contributed by atoms with Crippen LogP contribution in [0, 0.1) is 11.6 Å². The molecule has 1 aromatic heterocycles. The van der Waals surface area contributed by atoms with Gasteiger partial charge in [-0.2, -0.15) is 0 Å². The molecule has 0 aliphatic heterocycles. The molecule has 0 fully saturated rings. The van der Waals surface area contributed by atoms with Gasteiger partial charge in [0.25, 0.3) is 5.56 Å². The summed E-state index contributed by atoms with van der Waals surface area (Å²) in [6, 6.07) is 19.4. The van der Waals surface area contributed by atoms with Gasteiger partial charge in [-0.1, -0.05) is 30.3 Å². The molecule has 0 aliphatic carbocycles. The van der Waals surface area contributed by atoms with Crippen molar-refractivity contribution in [1.82, 2.24) is 9.88 Å². The average molecular weight is 534 g/mol. The third-order valence-corrected chi connectivity index (χ3v) is 5.96. The fourth-order valence-corrected chi connectivity index (χ4v) is 4.02. The van der Waals surface area contributed by atoms with E-state index in [1.54, 1.807) is 48.5 Å². The lowest BCUT2D eigenvalue weighted by atomic mass is 10.0. The highest BCUT2D eigenvalue weighted by molar-refractivity contribution is 6.11. The predicted octanol–water partition coefficient (Wildman–Crippen LogP) is 4.11. The van der Waals surface area contributed by atoms with Crippen molar-refractivity contribution in [2.75, 3.05) is 18.9 Å². The molecular weight excluding hydrogens is 508 g/mol. The van der Waals surface area contributed by atoms with E-state index in [0.29, 0.717) is 42.6 Å². The largest absolute Gasteiger partial charge is 0.494 e. The van der Waals surface area contributed by atoms with Gasteiger partial charge in [-0.25, -0.2) is 8.78 Å². The first-order valence-corrected chi connectivity index (χ1v) is 12.0. The second kappa shape index (κ2) is 12.1. The van der Waals surface area contributed by atoms with Crippen LogP contribution in [0.15, 0.2) is 89.7 Å². The number of carboxylic acids is 1. The number of benzene rings is 3. The van der Waals surface area contributed by atoms with Crippen molar-refractivity contribution in [1.29, 1.82) is 0 Å². The van der Waals surface area contributed by atoms with Gasteiger partial charge in [0.15, 0.2) is 5.78 Å². The van der Waals surface area contributed by atoms with Crippen LogP contribution in [0.3, 0.4) is 0 Å². The van der Waals surface area contributed by atoms with Gasteiger partial charge in [0.1, 0.15) is 29.2 Å². The Kier molecular flexibility index (Phi) is 8.47. The zero-order valence-corrected chi connectivity index (χ0v) is 20.6. The number of ketones is 1. The van der Waals surface area contributed by atoms with E-state index in [1.165, 1.54) is 6.07 Å². The minimum Gasteiger partial charge on any atom is -0.494 e. The number of nitrogen functional groups attached to an aromatic ring is 1. The van der Waals surface area contributed by atoms with Crippen molar-refractivity contribution in [3.8, 4) is 11.4 Å². The second-order valence-electron chi connectivity index (χ2n) is 8.59. The maximum atomic E-state index is 14.2. The molecule has 1 atom stereocenters. The number of pyridine rings is 1. The van der Waals surface area contributed by atoms with Crippen molar-refractivity contribution >= 4 is 17.6 Å². The number of carboxylic acid groups (broad SMARTS) is 1. The summed E-state index contributed by atoms with van der Waals surface area (Å²) in [4.78, 5) is 37.0. The molecule has 0 spiro atoms. The molecule has 10 heteroatoms. The van der Waals surface area contributed by atoms with E-state index < -0.39 is 35.0 Å². The number of halogens is 2. The fraction of sp³-hybridized carbons (Fsp3) is 0.138. The molecule has 0 bridgehead atoms. The predicted molar refractivity (Wildman–Crippen MR) is 141 cm³/mol. The molecular formula is C29H25F2N3O5. The first-order chi connectivity index (χ1) is 18.8. The van der Waals surface area contributed by atoms with Gasteiger partial charge in [0.05, 0.1) is 23.4 Å². The minimum atomic E-state index is -1.03. The van der Waals surface area contributed by atoms with E-state index in [0.717, 1.165) is 22.8 Å². The summed E-state index contributed by atoms with van der Waals surface area (Å²) in [6.45, 7) is 0.716. The lowest BCUT2D eigenvalue weighted by molar-refractivity contribution is -0.139. The standard InChI is InChI=1S/C29H25F2N3O5/c30-19-7-12-22(24(31)17-19)27(36)23-13-14-25(35)34(28(23)32)20-8-10-21(11-9-20)39-16-4-15-33-26(29(37)38)18-5-2-1-3-6-18/h1-3,5-14,17,26,33H,4,15-16,32H2,(H,37,38)/t26-/m0/s1. The number of carbonyl (C=O) groups excluding carboxylic acids is 1. The van der Waals surface area contributed by atoms with E-state index in [1.807, 2.05) is 6.07 Å². The van der Waals surface area contributed by atoms with Crippen LogP contribution in [-0.2, 0) is 4.79 Å². The number of nitrogens with one attached hydrogen (secondary N) is 1. The molecule has 8 nitrogen and oxygen atoms in total. The van der Waals surface area contributed by atoms with Gasteiger partial charge in [0.2, 0.25) is 0 Å². The monoisotopic (exact) mass is 533 g/mol. The van der Waals surface area contributed by atoms with E-state index in [9.17, 15) is 28.3 Å². The van der Waals surface area contributed by atoms with Gasteiger partial charge < -0.3 is 20.9 Å². The van der Waals surface area contributed by atoms with Crippen molar-refractivity contribution < 1.29 is 28.2 Å². The number of hydrogen-bond acceptors (Lipinski definition) is 6. The molecule has 4 rings (SSSR count). The lowest BCUT2D eigenvalue weighted by Crippen LogP contribution is -2.29. The molecule has 0 aliphatic rings. The summed E-state index contributed by atoms with van der Waals surface area (Å²) in [5, 5.41) is 12.5. The zero-order valence-electron chi connectivity index (χ0n) is 20.6. The van der Waals surface area contributed by atoms with E-state index >= 15 is 0 Å². The Morgan fingerprint density at radius 2 is 1.64 bits per heavy atom. The topological polar surface area (TPSA) is 124 Å². The highest BCUT2D eigenvalue weighted by Crippen LogP contribution is 2.22. The molecule has 39 heavy (non-hydrogen) atoms. The zero-order chi connectivity index (χ0) is 27.9. The van der Waals surface area contributed by atoms with Gasteiger partial charge in [-0.05, 0) is 61.0 Å². The number of aliphatic carboxylic acids is 1. The molecule has 0 unspecified atom stereocenters. The first kappa shape index (κ1) is 27.2. The van der Waals surface area contributed by atoms with Crippen LogP contribution >= 0.6 is 0 Å².